The minimum Gasteiger partial charge on any atom is -0.508 e. The van der Waals surface area contributed by atoms with Crippen LogP contribution in [0.5, 0.6) is 11.5 Å². The monoisotopic (exact) mass is 430 g/mol. The lowest BCUT2D eigenvalue weighted by molar-refractivity contribution is 0.0982. The minimum absolute atomic E-state index is 0.0943. The molecule has 0 bridgehead atoms. The standard InChI is InChI=1S/C25H19ClN2O3/c26-23-6-2-1-5-21(23)18-7-9-19(10-8-18)28(16-17-4-3-13-27-15-17)25(31)22-12-11-20(29)14-24(22)30/h1-15,29-30H,16H2. The van der Waals surface area contributed by atoms with Crippen LogP contribution in [0.2, 0.25) is 5.02 Å². The van der Waals surface area contributed by atoms with Crippen molar-refractivity contribution in [3.63, 3.8) is 0 Å². The summed E-state index contributed by atoms with van der Waals surface area (Å²) < 4.78 is 0. The van der Waals surface area contributed by atoms with Crippen LogP contribution in [0.15, 0.2) is 91.3 Å². The van der Waals surface area contributed by atoms with Crippen LogP contribution in [0.3, 0.4) is 0 Å². The molecule has 3 aromatic carbocycles. The van der Waals surface area contributed by atoms with E-state index in [1.54, 1.807) is 23.4 Å². The fourth-order valence-corrected chi connectivity index (χ4v) is 3.56. The third-order valence-corrected chi connectivity index (χ3v) is 5.21. The molecule has 0 aliphatic rings. The highest BCUT2D eigenvalue weighted by Gasteiger charge is 2.21. The summed E-state index contributed by atoms with van der Waals surface area (Å²) in [5.41, 5.74) is 3.41. The second-order valence-corrected chi connectivity index (χ2v) is 7.39. The highest BCUT2D eigenvalue weighted by Crippen LogP contribution is 2.31. The van der Waals surface area contributed by atoms with E-state index < -0.39 is 5.91 Å². The molecule has 0 aliphatic heterocycles. The Bertz CT molecular complexity index is 1210. The van der Waals surface area contributed by atoms with Gasteiger partial charge in [0, 0.05) is 34.7 Å². The van der Waals surface area contributed by atoms with Crippen LogP contribution in [0.1, 0.15) is 15.9 Å². The van der Waals surface area contributed by atoms with Crippen LogP contribution in [0.25, 0.3) is 11.1 Å². The fourth-order valence-electron chi connectivity index (χ4n) is 3.32. The number of amides is 1. The Labute approximate surface area is 184 Å². The lowest BCUT2D eigenvalue weighted by atomic mass is 10.0. The maximum absolute atomic E-state index is 13.3. The molecule has 154 valence electrons. The highest BCUT2D eigenvalue weighted by atomic mass is 35.5. The van der Waals surface area contributed by atoms with Crippen molar-refractivity contribution in [1.29, 1.82) is 0 Å². The molecule has 1 heterocycles. The zero-order chi connectivity index (χ0) is 21.8. The largest absolute Gasteiger partial charge is 0.508 e. The molecule has 4 aromatic rings. The Morgan fingerprint density at radius 2 is 1.71 bits per heavy atom. The molecule has 1 amide bonds. The topological polar surface area (TPSA) is 73.7 Å². The molecule has 0 aliphatic carbocycles. The normalized spacial score (nSPS) is 10.6. The van der Waals surface area contributed by atoms with Crippen molar-refractivity contribution in [1.82, 2.24) is 4.98 Å². The second kappa shape index (κ2) is 8.90. The summed E-state index contributed by atoms with van der Waals surface area (Å²) in [6.07, 6.45) is 3.36. The van der Waals surface area contributed by atoms with E-state index >= 15 is 0 Å². The highest BCUT2D eigenvalue weighted by molar-refractivity contribution is 6.33. The summed E-state index contributed by atoms with van der Waals surface area (Å²) >= 11 is 6.31. The van der Waals surface area contributed by atoms with Gasteiger partial charge in [-0.2, -0.15) is 0 Å². The zero-order valence-corrected chi connectivity index (χ0v) is 17.2. The van der Waals surface area contributed by atoms with Crippen LogP contribution in [-0.2, 0) is 6.54 Å². The summed E-state index contributed by atoms with van der Waals surface area (Å²) in [6.45, 7) is 0.262. The first-order chi connectivity index (χ1) is 15.0. The minimum atomic E-state index is -0.396. The molecule has 1 aromatic heterocycles. The van der Waals surface area contributed by atoms with E-state index in [0.29, 0.717) is 10.7 Å². The number of anilines is 1. The van der Waals surface area contributed by atoms with Gasteiger partial charge < -0.3 is 15.1 Å². The molecule has 0 fully saturated rings. The van der Waals surface area contributed by atoms with Crippen molar-refractivity contribution < 1.29 is 15.0 Å². The number of pyridine rings is 1. The number of aromatic nitrogens is 1. The molecule has 2 N–H and O–H groups in total. The molecular weight excluding hydrogens is 412 g/mol. The molecule has 4 rings (SSSR count). The van der Waals surface area contributed by atoms with Gasteiger partial charge in [0.05, 0.1) is 12.1 Å². The Kier molecular flexibility index (Phi) is 5.87. The lowest BCUT2D eigenvalue weighted by Gasteiger charge is -2.24. The molecule has 6 heteroatoms. The molecule has 0 saturated heterocycles. The maximum Gasteiger partial charge on any atom is 0.262 e. The van der Waals surface area contributed by atoms with E-state index in [1.165, 1.54) is 12.1 Å². The number of phenols is 2. The zero-order valence-electron chi connectivity index (χ0n) is 16.4. The third-order valence-electron chi connectivity index (χ3n) is 4.88. The Balaban J connectivity index is 1.72. The van der Waals surface area contributed by atoms with Crippen LogP contribution in [-0.4, -0.2) is 21.1 Å². The van der Waals surface area contributed by atoms with Crippen LogP contribution in [0, 0.1) is 0 Å². The van der Waals surface area contributed by atoms with E-state index in [4.69, 9.17) is 11.6 Å². The molecule has 0 atom stereocenters. The van der Waals surface area contributed by atoms with Gasteiger partial charge in [0.2, 0.25) is 0 Å². The smallest absolute Gasteiger partial charge is 0.262 e. The summed E-state index contributed by atoms with van der Waals surface area (Å²) in [4.78, 5) is 19.0. The summed E-state index contributed by atoms with van der Waals surface area (Å²) in [5.74, 6) is -0.794. The number of carbonyl (C=O) groups is 1. The average molecular weight is 431 g/mol. The van der Waals surface area contributed by atoms with E-state index in [0.717, 1.165) is 22.8 Å². The molecular formula is C25H19ClN2O3. The Morgan fingerprint density at radius 3 is 2.39 bits per heavy atom. The number of aromatic hydroxyl groups is 2. The first kappa shape index (κ1) is 20.4. The number of benzene rings is 3. The van der Waals surface area contributed by atoms with Crippen molar-refractivity contribution in [2.45, 2.75) is 6.54 Å². The lowest BCUT2D eigenvalue weighted by Crippen LogP contribution is -2.30. The van der Waals surface area contributed by atoms with Crippen molar-refractivity contribution in [3.05, 3.63) is 107 Å². The summed E-state index contributed by atoms with van der Waals surface area (Å²) in [7, 11) is 0. The molecule has 0 radical (unpaired) electrons. The van der Waals surface area contributed by atoms with E-state index in [9.17, 15) is 15.0 Å². The van der Waals surface area contributed by atoms with Gasteiger partial charge in [-0.3, -0.25) is 9.78 Å². The van der Waals surface area contributed by atoms with Crippen LogP contribution in [0.4, 0.5) is 5.69 Å². The van der Waals surface area contributed by atoms with Gasteiger partial charge in [-0.15, -0.1) is 0 Å². The van der Waals surface area contributed by atoms with E-state index in [-0.39, 0.29) is 23.6 Å². The van der Waals surface area contributed by atoms with Crippen LogP contribution >= 0.6 is 11.6 Å². The molecule has 0 spiro atoms. The van der Waals surface area contributed by atoms with Gasteiger partial charge in [-0.1, -0.05) is 48.0 Å². The van der Waals surface area contributed by atoms with Crippen molar-refractivity contribution in [3.8, 4) is 22.6 Å². The average Bonchev–Trinajstić information content (AvgIpc) is 2.78. The first-order valence-corrected chi connectivity index (χ1v) is 9.98. The molecule has 31 heavy (non-hydrogen) atoms. The van der Waals surface area contributed by atoms with Gasteiger partial charge in [0.15, 0.2) is 0 Å². The van der Waals surface area contributed by atoms with Crippen molar-refractivity contribution in [2.75, 3.05) is 4.90 Å². The number of hydrogen-bond acceptors (Lipinski definition) is 4. The summed E-state index contributed by atoms with van der Waals surface area (Å²) in [5, 5.41) is 20.4. The molecule has 0 saturated carbocycles. The number of phenolic OH excluding ortho intramolecular Hbond substituents is 2. The predicted molar refractivity (Wildman–Crippen MR) is 121 cm³/mol. The van der Waals surface area contributed by atoms with Gasteiger partial charge in [0.1, 0.15) is 11.5 Å². The van der Waals surface area contributed by atoms with Crippen molar-refractivity contribution in [2.24, 2.45) is 0 Å². The van der Waals surface area contributed by atoms with Crippen LogP contribution < -0.4 is 4.90 Å². The molecule has 0 unspecified atom stereocenters. The number of halogens is 1. The number of rotatable bonds is 5. The Hall–Kier alpha value is -3.83. The van der Waals surface area contributed by atoms with Gasteiger partial charge >= 0.3 is 0 Å². The number of hydrogen-bond donors (Lipinski definition) is 2. The van der Waals surface area contributed by atoms with Gasteiger partial charge in [0.25, 0.3) is 5.91 Å². The molecule has 5 nitrogen and oxygen atoms in total. The van der Waals surface area contributed by atoms with Crippen molar-refractivity contribution >= 4 is 23.2 Å². The SMILES string of the molecule is O=C(c1ccc(O)cc1O)N(Cc1cccnc1)c1ccc(-c2ccccc2Cl)cc1. The fraction of sp³-hybridized carbons (Fsp3) is 0.0400. The second-order valence-electron chi connectivity index (χ2n) is 6.98. The summed E-state index contributed by atoms with van der Waals surface area (Å²) in [6, 6.07) is 22.6. The Morgan fingerprint density at radius 1 is 0.935 bits per heavy atom. The number of carbonyl (C=O) groups excluding carboxylic acids is 1. The van der Waals surface area contributed by atoms with Gasteiger partial charge in [-0.25, -0.2) is 0 Å². The van der Waals surface area contributed by atoms with E-state index in [1.807, 2.05) is 54.6 Å². The quantitative estimate of drug-likeness (QED) is 0.428. The maximum atomic E-state index is 13.3. The van der Waals surface area contributed by atoms with Gasteiger partial charge in [-0.05, 0) is 47.5 Å². The van der Waals surface area contributed by atoms with E-state index in [2.05, 4.69) is 4.98 Å². The number of nitrogens with zero attached hydrogens (tertiary/aromatic N) is 2. The third kappa shape index (κ3) is 4.52. The first-order valence-electron chi connectivity index (χ1n) is 9.60. The predicted octanol–water partition coefficient (Wildman–Crippen LogP) is 5.66.